The summed E-state index contributed by atoms with van der Waals surface area (Å²) in [6.45, 7) is 4.86. The topological polar surface area (TPSA) is 237 Å². The Kier molecular flexibility index (Phi) is 68.3. The fraction of sp³-hybridized carbons (Fsp3) is 0.844. The fourth-order valence-electron chi connectivity index (χ4n) is 10.8. The Balaban J connectivity index is 5.33. The average molecular weight is 1400 g/mol. The molecule has 0 fully saturated rings. The molecule has 3 N–H and O–H groups in total. The quantitative estimate of drug-likeness (QED) is 0.0128. The van der Waals surface area contributed by atoms with Crippen molar-refractivity contribution < 1.29 is 80.2 Å². The van der Waals surface area contributed by atoms with Crippen LogP contribution in [0.4, 0.5) is 0 Å². The van der Waals surface area contributed by atoms with Crippen LogP contribution in [0.1, 0.15) is 362 Å². The van der Waals surface area contributed by atoms with Crippen LogP contribution in [0, 0.1) is 0 Å². The van der Waals surface area contributed by atoms with Crippen LogP contribution < -0.4 is 0 Å². The van der Waals surface area contributed by atoms with E-state index in [1.807, 2.05) is 0 Å². The number of aliphatic hydroxyl groups is 1. The van der Waals surface area contributed by atoms with E-state index >= 15 is 0 Å². The third-order valence-electron chi connectivity index (χ3n) is 16.8. The van der Waals surface area contributed by atoms with E-state index < -0.39 is 97.5 Å². The van der Waals surface area contributed by atoms with Gasteiger partial charge in [0.2, 0.25) is 0 Å². The van der Waals surface area contributed by atoms with Crippen molar-refractivity contribution in [2.75, 3.05) is 39.6 Å². The molecule has 0 saturated heterocycles. The molecular formula is C77H142O17P2. The van der Waals surface area contributed by atoms with Gasteiger partial charge in [0.25, 0.3) is 0 Å². The number of aliphatic hydroxyl groups excluding tert-OH is 1. The summed E-state index contributed by atoms with van der Waals surface area (Å²) in [5, 5.41) is 10.6. The van der Waals surface area contributed by atoms with Gasteiger partial charge in [-0.15, -0.1) is 0 Å². The molecule has 5 atom stereocenters. The van der Waals surface area contributed by atoms with E-state index in [9.17, 15) is 43.2 Å². The van der Waals surface area contributed by atoms with Crippen LogP contribution in [0.2, 0.25) is 0 Å². The molecule has 0 spiro atoms. The van der Waals surface area contributed by atoms with E-state index in [1.165, 1.54) is 148 Å². The molecule has 0 radical (unpaired) electrons. The van der Waals surface area contributed by atoms with Gasteiger partial charge in [0.15, 0.2) is 12.2 Å². The van der Waals surface area contributed by atoms with E-state index in [4.69, 9.17) is 37.0 Å². The lowest BCUT2D eigenvalue weighted by Gasteiger charge is -2.21. The van der Waals surface area contributed by atoms with Gasteiger partial charge >= 0.3 is 39.5 Å². The summed E-state index contributed by atoms with van der Waals surface area (Å²) in [7, 11) is -9.94. The Bertz CT molecular complexity index is 2010. The van der Waals surface area contributed by atoms with Crippen LogP contribution in [0.15, 0.2) is 48.6 Å². The lowest BCUT2D eigenvalue weighted by atomic mass is 10.0. The molecule has 0 saturated carbocycles. The monoisotopic (exact) mass is 1400 g/mol. The standard InChI is InChI=1S/C77H142O17P2/c1-5-9-13-17-21-25-29-33-35-39-43-47-51-55-59-63-76(81)93-72(67-87-74(79)61-57-53-49-45-41-37-31-27-23-19-15-11-7-3)69-91-95(83,84)89-65-71(78)66-90-96(85,86)92-70-73(68-88-75(80)62-58-54-50-46-42-38-32-28-24-20-16-12-8-4)94-77(82)64-60-56-52-48-44-40-36-34-30-26-22-18-14-10-6-2/h25,27,29,31,33-36,71-73,78H,5-24,26,28,30,32,37-70H2,1-4H3,(H,83,84)(H,85,86)/b29-25-,31-27-,35-33-,36-34-/t71-,72+,73+/m0/s1. The molecule has 0 aliphatic heterocycles. The number of carbonyl (C=O) groups is 4. The molecule has 0 heterocycles. The number of allylic oxidation sites excluding steroid dienone is 8. The molecule has 0 bridgehead atoms. The normalized spacial score (nSPS) is 14.2. The van der Waals surface area contributed by atoms with Gasteiger partial charge in [-0.2, -0.15) is 0 Å². The molecule has 0 aliphatic rings. The third kappa shape index (κ3) is 69.5. The maximum atomic E-state index is 13.1. The highest BCUT2D eigenvalue weighted by Crippen LogP contribution is 2.45. The Morgan fingerprint density at radius 3 is 0.792 bits per heavy atom. The van der Waals surface area contributed by atoms with Crippen molar-refractivity contribution in [1.29, 1.82) is 0 Å². The van der Waals surface area contributed by atoms with Gasteiger partial charge in [-0.1, -0.05) is 282 Å². The van der Waals surface area contributed by atoms with Crippen molar-refractivity contribution in [1.82, 2.24) is 0 Å². The lowest BCUT2D eigenvalue weighted by Crippen LogP contribution is -2.30. The lowest BCUT2D eigenvalue weighted by molar-refractivity contribution is -0.161. The predicted molar refractivity (Wildman–Crippen MR) is 390 cm³/mol. The molecule has 0 aliphatic carbocycles. The zero-order valence-corrected chi connectivity index (χ0v) is 63.1. The van der Waals surface area contributed by atoms with E-state index in [0.717, 1.165) is 135 Å². The van der Waals surface area contributed by atoms with E-state index in [0.29, 0.717) is 25.7 Å². The number of hydrogen-bond donors (Lipinski definition) is 3. The highest BCUT2D eigenvalue weighted by atomic mass is 31.2. The Morgan fingerprint density at radius 1 is 0.292 bits per heavy atom. The highest BCUT2D eigenvalue weighted by Gasteiger charge is 2.30. The molecule has 0 rings (SSSR count). The van der Waals surface area contributed by atoms with E-state index in [1.54, 1.807) is 0 Å². The zero-order valence-electron chi connectivity index (χ0n) is 61.3. The summed E-state index contributed by atoms with van der Waals surface area (Å²) < 4.78 is 68.5. The van der Waals surface area contributed by atoms with Crippen molar-refractivity contribution in [2.45, 2.75) is 380 Å². The Hall–Kier alpha value is -2.98. The van der Waals surface area contributed by atoms with Gasteiger partial charge in [-0.05, 0) is 103 Å². The van der Waals surface area contributed by atoms with Gasteiger partial charge in [-0.3, -0.25) is 37.3 Å². The smallest absolute Gasteiger partial charge is 0.462 e. The number of hydrogen-bond acceptors (Lipinski definition) is 15. The third-order valence-corrected chi connectivity index (χ3v) is 18.7. The van der Waals surface area contributed by atoms with Crippen molar-refractivity contribution >= 4 is 39.5 Å². The summed E-state index contributed by atoms with van der Waals surface area (Å²) in [4.78, 5) is 72.8. The van der Waals surface area contributed by atoms with Gasteiger partial charge < -0.3 is 33.8 Å². The highest BCUT2D eigenvalue weighted by molar-refractivity contribution is 7.47. The second-order valence-corrected chi connectivity index (χ2v) is 29.2. The second-order valence-electron chi connectivity index (χ2n) is 26.3. The second kappa shape index (κ2) is 70.5. The van der Waals surface area contributed by atoms with Gasteiger partial charge in [0.1, 0.15) is 19.3 Å². The van der Waals surface area contributed by atoms with Crippen molar-refractivity contribution in [3.8, 4) is 0 Å². The van der Waals surface area contributed by atoms with E-state index in [2.05, 4.69) is 76.3 Å². The van der Waals surface area contributed by atoms with Crippen LogP contribution in [-0.2, 0) is 65.4 Å². The number of rotatable bonds is 74. The molecular weight excluding hydrogens is 1260 g/mol. The minimum atomic E-state index is -4.97. The first-order chi connectivity index (χ1) is 46.7. The molecule has 2 unspecified atom stereocenters. The Labute approximate surface area is 585 Å². The van der Waals surface area contributed by atoms with Crippen molar-refractivity contribution in [3.63, 3.8) is 0 Å². The summed E-state index contributed by atoms with van der Waals surface area (Å²) in [5.74, 6) is -2.18. The van der Waals surface area contributed by atoms with Gasteiger partial charge in [-0.25, -0.2) is 9.13 Å². The summed E-state index contributed by atoms with van der Waals surface area (Å²) in [6, 6.07) is 0. The first-order valence-electron chi connectivity index (χ1n) is 38.9. The summed E-state index contributed by atoms with van der Waals surface area (Å²) in [6.07, 6.45) is 66.6. The van der Waals surface area contributed by atoms with Crippen LogP contribution in [-0.4, -0.2) is 96.7 Å². The number of unbranched alkanes of at least 4 members (excludes halogenated alkanes) is 41. The summed E-state index contributed by atoms with van der Waals surface area (Å²) >= 11 is 0. The number of phosphoric acid groups is 2. The van der Waals surface area contributed by atoms with E-state index in [-0.39, 0.29) is 25.7 Å². The van der Waals surface area contributed by atoms with Crippen molar-refractivity contribution in [3.05, 3.63) is 48.6 Å². The minimum Gasteiger partial charge on any atom is -0.462 e. The number of ether oxygens (including phenoxy) is 4. The maximum Gasteiger partial charge on any atom is 0.472 e. The molecule has 19 heteroatoms. The molecule has 0 aromatic rings. The van der Waals surface area contributed by atoms with Gasteiger partial charge in [0.05, 0.1) is 26.4 Å². The number of phosphoric ester groups is 2. The first kappa shape index (κ1) is 93.0. The SMILES string of the molecule is CCCCCC/C=C\C=C/CCCCCCCC(=O)O[C@H](COC(=O)CCCCCCC/C=C\CCCCCC)COP(=O)(O)OC[C@H](O)COP(=O)(O)OC[C@@H](COC(=O)CCCCCCCCCCCCCCC)OC(=O)CCCCCCC/C=C\CCCCCCCC. The molecule has 0 aromatic carbocycles. The molecule has 0 aromatic heterocycles. The largest absolute Gasteiger partial charge is 0.472 e. The molecule has 17 nitrogen and oxygen atoms in total. The van der Waals surface area contributed by atoms with Crippen LogP contribution in [0.5, 0.6) is 0 Å². The predicted octanol–water partition coefficient (Wildman–Crippen LogP) is 22.1. The van der Waals surface area contributed by atoms with Crippen LogP contribution >= 0.6 is 15.6 Å². The van der Waals surface area contributed by atoms with Gasteiger partial charge in [0, 0.05) is 25.7 Å². The molecule has 0 amide bonds. The average Bonchev–Trinajstić information content (AvgIpc) is 1.19. The molecule has 96 heavy (non-hydrogen) atoms. The molecule has 562 valence electrons. The van der Waals surface area contributed by atoms with Crippen LogP contribution in [0.3, 0.4) is 0 Å². The van der Waals surface area contributed by atoms with Crippen molar-refractivity contribution in [2.24, 2.45) is 0 Å². The number of carbonyl (C=O) groups excluding carboxylic acids is 4. The first-order valence-corrected chi connectivity index (χ1v) is 41.9. The zero-order chi connectivity index (χ0) is 70.4. The van der Waals surface area contributed by atoms with Crippen LogP contribution in [0.25, 0.3) is 0 Å². The number of esters is 4. The fourth-order valence-corrected chi connectivity index (χ4v) is 12.4. The Morgan fingerprint density at radius 2 is 0.510 bits per heavy atom. The maximum absolute atomic E-state index is 13.1. The minimum absolute atomic E-state index is 0.0804. The summed E-state index contributed by atoms with van der Waals surface area (Å²) in [5.41, 5.74) is 0.